The van der Waals surface area contributed by atoms with E-state index in [1.807, 2.05) is 30.3 Å². The second-order valence-corrected chi connectivity index (χ2v) is 9.58. The summed E-state index contributed by atoms with van der Waals surface area (Å²) < 4.78 is 12.4. The topological polar surface area (TPSA) is 93.8 Å². The third-order valence-electron chi connectivity index (χ3n) is 7.58. The lowest BCUT2D eigenvalue weighted by molar-refractivity contribution is -0.131. The zero-order valence-electron chi connectivity index (χ0n) is 19.9. The summed E-state index contributed by atoms with van der Waals surface area (Å²) in [4.78, 5) is 40.6. The first-order valence-corrected chi connectivity index (χ1v) is 12.1. The van der Waals surface area contributed by atoms with E-state index in [0.29, 0.717) is 48.9 Å². The van der Waals surface area contributed by atoms with E-state index in [9.17, 15) is 19.5 Å². The van der Waals surface area contributed by atoms with Crippen molar-refractivity contribution in [3.05, 3.63) is 93.2 Å². The van der Waals surface area contributed by atoms with Gasteiger partial charge in [-0.1, -0.05) is 72.8 Å². The van der Waals surface area contributed by atoms with Crippen LogP contribution in [-0.4, -0.2) is 11.1 Å². The van der Waals surface area contributed by atoms with Crippen LogP contribution in [0, 0.1) is 0 Å². The van der Waals surface area contributed by atoms with Crippen molar-refractivity contribution in [2.24, 2.45) is 0 Å². The van der Waals surface area contributed by atoms with E-state index in [0.717, 1.165) is 0 Å². The molecule has 0 aliphatic carbocycles. The van der Waals surface area contributed by atoms with E-state index in [1.54, 1.807) is 42.5 Å². The number of rotatable bonds is 1. The lowest BCUT2D eigenvalue weighted by Gasteiger charge is -2.15. The minimum absolute atomic E-state index is 0.0841. The molecule has 0 aliphatic rings. The van der Waals surface area contributed by atoms with E-state index in [4.69, 9.17) is 9.15 Å². The zero-order chi connectivity index (χ0) is 25.9. The molecular formula is C32H16O6. The van der Waals surface area contributed by atoms with Crippen LogP contribution in [0.5, 0.6) is 11.5 Å². The van der Waals surface area contributed by atoms with Crippen molar-refractivity contribution in [2.75, 3.05) is 0 Å². The van der Waals surface area contributed by atoms with E-state index in [-0.39, 0.29) is 49.3 Å². The van der Waals surface area contributed by atoms with Gasteiger partial charge in [-0.3, -0.25) is 14.4 Å². The smallest absolute Gasteiger partial charge is 0.308 e. The molecule has 0 unspecified atom stereocenters. The quantitative estimate of drug-likeness (QED) is 0.119. The Bertz CT molecular complexity index is 2450. The van der Waals surface area contributed by atoms with Gasteiger partial charge < -0.3 is 14.3 Å². The Labute approximate surface area is 212 Å². The van der Waals surface area contributed by atoms with Crippen molar-refractivity contribution in [3.8, 4) is 11.5 Å². The summed E-state index contributed by atoms with van der Waals surface area (Å²) >= 11 is 0. The van der Waals surface area contributed by atoms with Gasteiger partial charge in [0.15, 0.2) is 10.9 Å². The summed E-state index contributed by atoms with van der Waals surface area (Å²) in [5.41, 5.74) is 0.210. The zero-order valence-corrected chi connectivity index (χ0v) is 19.9. The number of hydrogen-bond acceptors (Lipinski definition) is 6. The minimum atomic E-state index is -0.560. The van der Waals surface area contributed by atoms with Crippen LogP contribution in [-0.2, 0) is 4.79 Å². The minimum Gasteiger partial charge on any atom is -0.507 e. The molecule has 8 rings (SSSR count). The number of hydrogen-bond donors (Lipinski definition) is 1. The molecule has 180 valence electrons. The average Bonchev–Trinajstić information content (AvgIpc) is 3.33. The van der Waals surface area contributed by atoms with Gasteiger partial charge in [-0.2, -0.15) is 0 Å². The van der Waals surface area contributed by atoms with Gasteiger partial charge in [0.1, 0.15) is 22.7 Å². The van der Waals surface area contributed by atoms with Crippen molar-refractivity contribution < 1.29 is 19.1 Å². The molecule has 1 N–H and O–H groups in total. The van der Waals surface area contributed by atoms with E-state index < -0.39 is 5.97 Å². The van der Waals surface area contributed by atoms with Gasteiger partial charge in [0.05, 0.1) is 0 Å². The number of benzene rings is 7. The summed E-state index contributed by atoms with van der Waals surface area (Å²) in [5.74, 6) is -0.471. The maximum Gasteiger partial charge on any atom is 0.308 e. The number of fused-ring (bicyclic) bond motifs is 8. The van der Waals surface area contributed by atoms with Gasteiger partial charge in [-0.15, -0.1) is 0 Å². The van der Waals surface area contributed by atoms with Crippen LogP contribution >= 0.6 is 0 Å². The van der Waals surface area contributed by atoms with Crippen LogP contribution in [0.25, 0.3) is 75.8 Å². The molecule has 0 fully saturated rings. The van der Waals surface area contributed by atoms with Crippen LogP contribution in [0.2, 0.25) is 0 Å². The lowest BCUT2D eigenvalue weighted by atomic mass is 9.87. The van der Waals surface area contributed by atoms with Crippen LogP contribution in [0.1, 0.15) is 6.92 Å². The molecule has 0 saturated carbocycles. The first kappa shape index (κ1) is 20.9. The molecule has 0 bridgehead atoms. The Morgan fingerprint density at radius 2 is 1.05 bits per heavy atom. The van der Waals surface area contributed by atoms with Crippen molar-refractivity contribution >= 4 is 81.8 Å². The standard InChI is InChI=1S/C32H16O6/c1-14(33)37-30-19-12-6-7-13-20(19)32-26-24(30)22-21(27(34)15-8-2-3-9-16(15)28(22)35)23-25(26)31(38-32)18-11-5-4-10-17(18)29(23)36/h2-13,36H,1H3. The molecule has 6 nitrogen and oxygen atoms in total. The molecule has 1 aromatic heterocycles. The molecule has 7 aromatic carbocycles. The molecule has 0 radical (unpaired) electrons. The predicted octanol–water partition coefficient (Wildman–Crippen LogP) is 6.58. The third kappa shape index (κ3) is 2.35. The van der Waals surface area contributed by atoms with E-state index in [2.05, 4.69) is 0 Å². The van der Waals surface area contributed by atoms with E-state index >= 15 is 0 Å². The fourth-order valence-corrected chi connectivity index (χ4v) is 6.14. The lowest BCUT2D eigenvalue weighted by Crippen LogP contribution is -2.14. The van der Waals surface area contributed by atoms with E-state index in [1.165, 1.54) is 6.92 Å². The molecule has 0 atom stereocenters. The normalized spacial score (nSPS) is 12.2. The largest absolute Gasteiger partial charge is 0.507 e. The van der Waals surface area contributed by atoms with Crippen molar-refractivity contribution in [1.82, 2.24) is 0 Å². The molecular weight excluding hydrogens is 480 g/mol. The summed E-state index contributed by atoms with van der Waals surface area (Å²) in [6.45, 7) is 1.30. The van der Waals surface area contributed by atoms with Gasteiger partial charge in [0.25, 0.3) is 0 Å². The Morgan fingerprint density at radius 1 is 0.605 bits per heavy atom. The van der Waals surface area contributed by atoms with Gasteiger partial charge in [0.2, 0.25) is 0 Å². The maximum absolute atomic E-state index is 14.2. The third-order valence-corrected chi connectivity index (χ3v) is 7.58. The van der Waals surface area contributed by atoms with Crippen LogP contribution < -0.4 is 15.6 Å². The summed E-state index contributed by atoms with van der Waals surface area (Å²) in [5, 5.41) is 16.4. The Kier molecular flexibility index (Phi) is 3.83. The molecule has 1 heterocycles. The SMILES string of the molecule is CC(=O)Oc1c2ccccc2c2oc3c4ccccc4c(O)c4c5c(=O)c6ccccc6c(=O)c5c1c2c34. The van der Waals surface area contributed by atoms with Crippen LogP contribution in [0.3, 0.4) is 0 Å². The first-order valence-electron chi connectivity index (χ1n) is 12.1. The molecule has 0 spiro atoms. The van der Waals surface area contributed by atoms with Gasteiger partial charge in [-0.25, -0.2) is 0 Å². The number of phenolic OH excluding ortho intramolecular Hbond substituents is 1. The molecule has 0 saturated heterocycles. The van der Waals surface area contributed by atoms with Gasteiger partial charge in [0, 0.05) is 71.6 Å². The van der Waals surface area contributed by atoms with Gasteiger partial charge >= 0.3 is 5.97 Å². The number of carbonyl (C=O) groups excluding carboxylic acids is 1. The second kappa shape index (κ2) is 6.95. The fraction of sp³-hybridized carbons (Fsp3) is 0.0312. The Hall–Kier alpha value is -5.23. The molecule has 38 heavy (non-hydrogen) atoms. The summed E-state index contributed by atoms with van der Waals surface area (Å²) in [6, 6.07) is 21.2. The highest BCUT2D eigenvalue weighted by Gasteiger charge is 2.30. The molecule has 0 aliphatic heterocycles. The summed E-state index contributed by atoms with van der Waals surface area (Å²) in [7, 11) is 0. The van der Waals surface area contributed by atoms with Crippen molar-refractivity contribution in [3.63, 3.8) is 0 Å². The highest BCUT2D eigenvalue weighted by Crippen LogP contribution is 2.53. The molecule has 6 heteroatoms. The molecule has 0 amide bonds. The second-order valence-electron chi connectivity index (χ2n) is 9.58. The molecule has 8 aromatic rings. The number of carbonyl (C=O) groups is 1. The average molecular weight is 496 g/mol. The van der Waals surface area contributed by atoms with Crippen LogP contribution in [0.4, 0.5) is 0 Å². The highest BCUT2D eigenvalue weighted by atomic mass is 16.5. The maximum atomic E-state index is 14.2. The Morgan fingerprint density at radius 3 is 1.63 bits per heavy atom. The number of ether oxygens (including phenoxy) is 1. The Balaban J connectivity index is 1.89. The monoisotopic (exact) mass is 496 g/mol. The number of phenols is 1. The van der Waals surface area contributed by atoms with Crippen LogP contribution in [0.15, 0.2) is 86.8 Å². The van der Waals surface area contributed by atoms with Crippen molar-refractivity contribution in [2.45, 2.75) is 6.92 Å². The number of aromatic hydroxyl groups is 1. The highest BCUT2D eigenvalue weighted by molar-refractivity contribution is 6.42. The fourth-order valence-electron chi connectivity index (χ4n) is 6.14. The van der Waals surface area contributed by atoms with Crippen molar-refractivity contribution in [1.29, 1.82) is 0 Å². The summed E-state index contributed by atoms with van der Waals surface area (Å²) in [6.07, 6.45) is 0. The number of furan rings is 1. The number of esters is 1. The van der Waals surface area contributed by atoms with Gasteiger partial charge in [-0.05, 0) is 0 Å². The first-order chi connectivity index (χ1) is 18.5. The predicted molar refractivity (Wildman–Crippen MR) is 149 cm³/mol.